The highest BCUT2D eigenvalue weighted by molar-refractivity contribution is 5.82. The number of methoxy groups -OCH3 is 2. The molecule has 2 N–H and O–H groups in total. The van der Waals surface area contributed by atoms with E-state index in [9.17, 15) is 19.8 Å². The number of phenolic OH excluding ortho intramolecular Hbond substituents is 2. The molecule has 2 rings (SSSR count). The predicted molar refractivity (Wildman–Crippen MR) is 117 cm³/mol. The molecule has 0 fully saturated rings. The fourth-order valence-corrected chi connectivity index (χ4v) is 3.48. The molecule has 0 bridgehead atoms. The summed E-state index contributed by atoms with van der Waals surface area (Å²) in [5.41, 5.74) is 1.38. The number of carbonyl (C=O) groups is 2. The Kier molecular flexibility index (Phi) is 9.19. The molecule has 8 nitrogen and oxygen atoms in total. The first-order valence-corrected chi connectivity index (χ1v) is 10.4. The van der Waals surface area contributed by atoms with Crippen molar-refractivity contribution in [2.45, 2.75) is 26.7 Å². The number of aromatic hydroxyl groups is 2. The van der Waals surface area contributed by atoms with E-state index in [0.29, 0.717) is 11.1 Å². The van der Waals surface area contributed by atoms with Gasteiger partial charge in [0.15, 0.2) is 23.0 Å². The Labute approximate surface area is 187 Å². The summed E-state index contributed by atoms with van der Waals surface area (Å²) >= 11 is 0. The quantitative estimate of drug-likeness (QED) is 0.506. The molecule has 2 aromatic carbocycles. The second-order valence-corrected chi connectivity index (χ2v) is 7.14. The summed E-state index contributed by atoms with van der Waals surface area (Å²) in [6, 6.07) is 9.51. The van der Waals surface area contributed by atoms with Crippen molar-refractivity contribution in [3.05, 3.63) is 47.5 Å². The van der Waals surface area contributed by atoms with Crippen molar-refractivity contribution in [3.63, 3.8) is 0 Å². The highest BCUT2D eigenvalue weighted by Crippen LogP contribution is 2.32. The van der Waals surface area contributed by atoms with E-state index in [1.807, 2.05) is 0 Å². The van der Waals surface area contributed by atoms with Crippen molar-refractivity contribution in [2.75, 3.05) is 27.4 Å². The summed E-state index contributed by atoms with van der Waals surface area (Å²) in [5, 5.41) is 19.7. The van der Waals surface area contributed by atoms with Gasteiger partial charge in [-0.25, -0.2) is 0 Å². The third-order valence-corrected chi connectivity index (χ3v) is 5.06. The van der Waals surface area contributed by atoms with Crippen LogP contribution in [0.1, 0.15) is 25.0 Å². The van der Waals surface area contributed by atoms with Gasteiger partial charge in [0.2, 0.25) is 0 Å². The molecule has 174 valence electrons. The van der Waals surface area contributed by atoms with Crippen LogP contribution < -0.4 is 9.47 Å². The third kappa shape index (κ3) is 6.29. The predicted octanol–water partition coefficient (Wildman–Crippen LogP) is 3.26. The summed E-state index contributed by atoms with van der Waals surface area (Å²) in [6.45, 7) is 3.72. The molecule has 2 atom stereocenters. The van der Waals surface area contributed by atoms with Crippen LogP contribution in [0.5, 0.6) is 23.0 Å². The van der Waals surface area contributed by atoms with Crippen molar-refractivity contribution in [1.29, 1.82) is 0 Å². The maximum atomic E-state index is 12.9. The third-order valence-electron chi connectivity index (χ3n) is 5.06. The Morgan fingerprint density at radius 1 is 0.750 bits per heavy atom. The van der Waals surface area contributed by atoms with Crippen LogP contribution in [0.15, 0.2) is 36.4 Å². The number of ether oxygens (including phenoxy) is 4. The topological polar surface area (TPSA) is 112 Å². The van der Waals surface area contributed by atoms with E-state index >= 15 is 0 Å². The number of carbonyl (C=O) groups excluding carboxylic acids is 2. The molecule has 0 saturated heterocycles. The van der Waals surface area contributed by atoms with E-state index in [1.54, 1.807) is 38.1 Å². The van der Waals surface area contributed by atoms with Crippen molar-refractivity contribution in [3.8, 4) is 23.0 Å². The standard InChI is InChI=1S/C24H30O8/c1-5-31-23(27)17(11-15-7-9-19(25)21(13-15)29-3)18(24(28)32-6-2)12-16-8-10-20(26)22(14-16)30-4/h7-10,13-14,17-18,25-26H,5-6,11-12H2,1-4H3/t17-,18-/m1/s1. The zero-order valence-electron chi connectivity index (χ0n) is 18.8. The maximum absolute atomic E-state index is 12.9. The first kappa shape index (κ1) is 24.8. The molecular weight excluding hydrogens is 416 g/mol. The fraction of sp³-hybridized carbons (Fsp3) is 0.417. The molecule has 0 unspecified atom stereocenters. The molecule has 0 aliphatic heterocycles. The Bertz CT molecular complexity index is 849. The number of hydrogen-bond donors (Lipinski definition) is 2. The first-order chi connectivity index (χ1) is 15.3. The van der Waals surface area contributed by atoms with Gasteiger partial charge in [0, 0.05) is 0 Å². The van der Waals surface area contributed by atoms with Gasteiger partial charge < -0.3 is 29.2 Å². The highest BCUT2D eigenvalue weighted by Gasteiger charge is 2.36. The van der Waals surface area contributed by atoms with Crippen LogP contribution in [0.4, 0.5) is 0 Å². The van der Waals surface area contributed by atoms with Gasteiger partial charge in [0.05, 0.1) is 39.3 Å². The lowest BCUT2D eigenvalue weighted by molar-refractivity contribution is -0.160. The molecular formula is C24H30O8. The summed E-state index contributed by atoms with van der Waals surface area (Å²) in [7, 11) is 2.86. The van der Waals surface area contributed by atoms with E-state index < -0.39 is 23.8 Å². The van der Waals surface area contributed by atoms with Crippen LogP contribution in [0.25, 0.3) is 0 Å². The minimum atomic E-state index is -0.844. The molecule has 0 radical (unpaired) electrons. The normalized spacial score (nSPS) is 12.5. The van der Waals surface area contributed by atoms with E-state index in [-0.39, 0.29) is 49.1 Å². The van der Waals surface area contributed by atoms with Crippen LogP contribution >= 0.6 is 0 Å². The van der Waals surface area contributed by atoms with Crippen LogP contribution in [-0.2, 0) is 31.9 Å². The highest BCUT2D eigenvalue weighted by atomic mass is 16.5. The molecule has 8 heteroatoms. The Morgan fingerprint density at radius 3 is 1.44 bits per heavy atom. The lowest BCUT2D eigenvalue weighted by Crippen LogP contribution is -2.35. The summed E-state index contributed by atoms with van der Waals surface area (Å²) < 4.78 is 20.9. The van der Waals surface area contributed by atoms with Gasteiger partial charge in [-0.1, -0.05) is 12.1 Å². The minimum absolute atomic E-state index is 0.0259. The molecule has 0 spiro atoms. The molecule has 0 aliphatic rings. The molecule has 0 aromatic heterocycles. The summed E-state index contributed by atoms with van der Waals surface area (Å²) in [5.74, 6) is -2.26. The van der Waals surface area contributed by atoms with Crippen LogP contribution in [0, 0.1) is 11.8 Å². The number of benzene rings is 2. The molecule has 0 saturated carbocycles. The fourth-order valence-electron chi connectivity index (χ4n) is 3.48. The monoisotopic (exact) mass is 446 g/mol. The first-order valence-electron chi connectivity index (χ1n) is 10.4. The second-order valence-electron chi connectivity index (χ2n) is 7.14. The van der Waals surface area contributed by atoms with Crippen molar-refractivity contribution < 1.29 is 38.7 Å². The van der Waals surface area contributed by atoms with Crippen molar-refractivity contribution in [2.24, 2.45) is 11.8 Å². The van der Waals surface area contributed by atoms with Gasteiger partial charge in [0.1, 0.15) is 0 Å². The van der Waals surface area contributed by atoms with Gasteiger partial charge in [-0.3, -0.25) is 9.59 Å². The van der Waals surface area contributed by atoms with Gasteiger partial charge in [-0.05, 0) is 62.1 Å². The van der Waals surface area contributed by atoms with Gasteiger partial charge in [0.25, 0.3) is 0 Å². The largest absolute Gasteiger partial charge is 0.504 e. The van der Waals surface area contributed by atoms with Crippen LogP contribution in [-0.4, -0.2) is 49.6 Å². The van der Waals surface area contributed by atoms with Gasteiger partial charge >= 0.3 is 11.9 Å². The van der Waals surface area contributed by atoms with E-state index in [2.05, 4.69) is 0 Å². The molecule has 0 amide bonds. The smallest absolute Gasteiger partial charge is 0.310 e. The molecule has 0 heterocycles. The van der Waals surface area contributed by atoms with Crippen molar-refractivity contribution in [1.82, 2.24) is 0 Å². The Balaban J connectivity index is 2.44. The minimum Gasteiger partial charge on any atom is -0.504 e. The number of esters is 2. The average Bonchev–Trinajstić information content (AvgIpc) is 2.78. The van der Waals surface area contributed by atoms with E-state index in [1.165, 1.54) is 26.4 Å². The van der Waals surface area contributed by atoms with E-state index in [4.69, 9.17) is 18.9 Å². The Morgan fingerprint density at radius 2 is 1.12 bits per heavy atom. The second kappa shape index (κ2) is 11.8. The van der Waals surface area contributed by atoms with Crippen LogP contribution in [0.3, 0.4) is 0 Å². The lowest BCUT2D eigenvalue weighted by Gasteiger charge is -2.25. The number of rotatable bonds is 11. The molecule has 2 aromatic rings. The molecule has 32 heavy (non-hydrogen) atoms. The number of hydrogen-bond acceptors (Lipinski definition) is 8. The van der Waals surface area contributed by atoms with Crippen molar-refractivity contribution >= 4 is 11.9 Å². The average molecular weight is 446 g/mol. The lowest BCUT2D eigenvalue weighted by atomic mass is 9.82. The Hall–Kier alpha value is -3.42. The zero-order chi connectivity index (χ0) is 23.7. The zero-order valence-corrected chi connectivity index (χ0v) is 18.8. The maximum Gasteiger partial charge on any atom is 0.310 e. The SMILES string of the molecule is CCOC(=O)[C@H](Cc1ccc(O)c(OC)c1)[C@@H](Cc1ccc(O)c(OC)c1)C(=O)OCC. The number of phenols is 2. The van der Waals surface area contributed by atoms with Gasteiger partial charge in [-0.2, -0.15) is 0 Å². The van der Waals surface area contributed by atoms with E-state index in [0.717, 1.165) is 0 Å². The van der Waals surface area contributed by atoms with Crippen LogP contribution in [0.2, 0.25) is 0 Å². The summed E-state index contributed by atoms with van der Waals surface area (Å²) in [4.78, 5) is 25.8. The van der Waals surface area contributed by atoms with Gasteiger partial charge in [-0.15, -0.1) is 0 Å². The molecule has 0 aliphatic carbocycles. The summed E-state index contributed by atoms with van der Waals surface area (Å²) in [6.07, 6.45) is 0.350.